The summed E-state index contributed by atoms with van der Waals surface area (Å²) in [6, 6.07) is 8.02. The van der Waals surface area contributed by atoms with Gasteiger partial charge in [0.15, 0.2) is 0 Å². The van der Waals surface area contributed by atoms with E-state index in [0.29, 0.717) is 6.61 Å². The molecule has 0 aliphatic heterocycles. The Morgan fingerprint density at radius 3 is 2.59 bits per heavy atom. The summed E-state index contributed by atoms with van der Waals surface area (Å²) in [7, 11) is 0. The van der Waals surface area contributed by atoms with Gasteiger partial charge in [0.2, 0.25) is 0 Å². The number of aryl methyl sites for hydroxylation is 1. The van der Waals surface area contributed by atoms with Crippen LogP contribution in [0.2, 0.25) is 0 Å². The number of carbonyl (C=O) groups excluding carboxylic acids is 1. The van der Waals surface area contributed by atoms with Gasteiger partial charge >= 0.3 is 5.97 Å². The molecular formula is C14H21NO2. The fourth-order valence-electron chi connectivity index (χ4n) is 1.87. The topological polar surface area (TPSA) is 38.3 Å². The van der Waals surface area contributed by atoms with Crippen molar-refractivity contribution >= 4 is 5.97 Å². The molecule has 1 aromatic carbocycles. The zero-order valence-electron chi connectivity index (χ0n) is 11.0. The molecule has 2 atom stereocenters. The fraction of sp³-hybridized carbons (Fsp3) is 0.500. The van der Waals surface area contributed by atoms with Crippen LogP contribution in [0.3, 0.4) is 0 Å². The van der Waals surface area contributed by atoms with Crippen LogP contribution in [0.4, 0.5) is 0 Å². The molecule has 1 N–H and O–H groups in total. The average Bonchev–Trinajstić information content (AvgIpc) is 2.29. The maximum absolute atomic E-state index is 11.5. The first kappa shape index (κ1) is 13.7. The standard InChI is InChI=1S/C14H21NO2/c1-5-17-14(16)12(4)15-11(3)13-9-7-6-8-10(13)2/h6-9,11-12,15H,5H2,1-4H3. The van der Waals surface area contributed by atoms with Crippen molar-refractivity contribution in [1.82, 2.24) is 5.32 Å². The summed E-state index contributed by atoms with van der Waals surface area (Å²) in [5.41, 5.74) is 2.44. The Morgan fingerprint density at radius 1 is 1.35 bits per heavy atom. The molecule has 0 amide bonds. The minimum Gasteiger partial charge on any atom is -0.465 e. The summed E-state index contributed by atoms with van der Waals surface area (Å²) < 4.78 is 4.97. The maximum atomic E-state index is 11.5. The van der Waals surface area contributed by atoms with Gasteiger partial charge in [0.25, 0.3) is 0 Å². The Bertz CT molecular complexity index is 376. The molecule has 0 radical (unpaired) electrons. The summed E-state index contributed by atoms with van der Waals surface area (Å²) in [6.07, 6.45) is 0. The van der Waals surface area contributed by atoms with E-state index in [1.54, 1.807) is 0 Å². The zero-order chi connectivity index (χ0) is 12.8. The van der Waals surface area contributed by atoms with E-state index >= 15 is 0 Å². The number of benzene rings is 1. The number of esters is 1. The first-order chi connectivity index (χ1) is 8.06. The average molecular weight is 235 g/mol. The molecule has 0 aliphatic rings. The Hall–Kier alpha value is -1.35. The molecule has 0 saturated heterocycles. The highest BCUT2D eigenvalue weighted by Crippen LogP contribution is 2.17. The summed E-state index contributed by atoms with van der Waals surface area (Å²) in [5.74, 6) is -0.201. The molecule has 3 heteroatoms. The number of hydrogen-bond donors (Lipinski definition) is 1. The molecule has 0 aliphatic carbocycles. The Balaban J connectivity index is 2.63. The second-order valence-electron chi connectivity index (χ2n) is 4.22. The van der Waals surface area contributed by atoms with Gasteiger partial charge in [-0.05, 0) is 38.8 Å². The third-order valence-electron chi connectivity index (χ3n) is 2.80. The number of nitrogens with one attached hydrogen (secondary N) is 1. The molecule has 1 rings (SSSR count). The maximum Gasteiger partial charge on any atom is 0.322 e. The molecular weight excluding hydrogens is 214 g/mol. The molecule has 0 aromatic heterocycles. The second-order valence-corrected chi connectivity index (χ2v) is 4.22. The van der Waals surface area contributed by atoms with Gasteiger partial charge in [-0.15, -0.1) is 0 Å². The molecule has 0 bridgehead atoms. The Labute approximate surface area is 103 Å². The quantitative estimate of drug-likeness (QED) is 0.797. The van der Waals surface area contributed by atoms with Crippen LogP contribution in [0.25, 0.3) is 0 Å². The molecule has 0 saturated carbocycles. The smallest absolute Gasteiger partial charge is 0.322 e. The first-order valence-electron chi connectivity index (χ1n) is 6.04. The van der Waals surface area contributed by atoms with E-state index in [2.05, 4.69) is 31.3 Å². The predicted molar refractivity (Wildman–Crippen MR) is 68.8 cm³/mol. The van der Waals surface area contributed by atoms with Crippen LogP contribution in [0.1, 0.15) is 37.9 Å². The highest BCUT2D eigenvalue weighted by molar-refractivity contribution is 5.75. The number of carbonyl (C=O) groups is 1. The minimum atomic E-state index is -0.287. The van der Waals surface area contributed by atoms with E-state index in [1.165, 1.54) is 11.1 Å². The number of ether oxygens (including phenoxy) is 1. The van der Waals surface area contributed by atoms with Crippen LogP contribution in [-0.4, -0.2) is 18.6 Å². The summed E-state index contributed by atoms with van der Waals surface area (Å²) in [6.45, 7) is 8.19. The molecule has 0 spiro atoms. The van der Waals surface area contributed by atoms with Crippen molar-refractivity contribution in [3.05, 3.63) is 35.4 Å². The van der Waals surface area contributed by atoms with E-state index in [9.17, 15) is 4.79 Å². The lowest BCUT2D eigenvalue weighted by molar-refractivity contribution is -0.145. The van der Waals surface area contributed by atoms with Gasteiger partial charge in [-0.3, -0.25) is 10.1 Å². The van der Waals surface area contributed by atoms with Gasteiger partial charge in [0.1, 0.15) is 6.04 Å². The van der Waals surface area contributed by atoms with Gasteiger partial charge in [-0.1, -0.05) is 24.3 Å². The van der Waals surface area contributed by atoms with E-state index < -0.39 is 0 Å². The number of hydrogen-bond acceptors (Lipinski definition) is 3. The van der Waals surface area contributed by atoms with Gasteiger partial charge in [-0.25, -0.2) is 0 Å². The molecule has 0 heterocycles. The summed E-state index contributed by atoms with van der Waals surface area (Å²) in [4.78, 5) is 11.5. The normalized spacial score (nSPS) is 14.1. The van der Waals surface area contributed by atoms with E-state index in [-0.39, 0.29) is 18.1 Å². The van der Waals surface area contributed by atoms with Crippen LogP contribution in [-0.2, 0) is 9.53 Å². The molecule has 0 fully saturated rings. The lowest BCUT2D eigenvalue weighted by atomic mass is 10.0. The zero-order valence-corrected chi connectivity index (χ0v) is 11.0. The summed E-state index contributed by atoms with van der Waals surface area (Å²) >= 11 is 0. The van der Waals surface area contributed by atoms with E-state index in [1.807, 2.05) is 26.0 Å². The largest absolute Gasteiger partial charge is 0.465 e. The highest BCUT2D eigenvalue weighted by Gasteiger charge is 2.17. The lowest BCUT2D eigenvalue weighted by Gasteiger charge is -2.20. The van der Waals surface area contributed by atoms with E-state index in [0.717, 1.165) is 0 Å². The van der Waals surface area contributed by atoms with Gasteiger partial charge in [0, 0.05) is 6.04 Å². The van der Waals surface area contributed by atoms with Crippen molar-refractivity contribution in [3.8, 4) is 0 Å². The molecule has 2 unspecified atom stereocenters. The van der Waals surface area contributed by atoms with Crippen LogP contribution >= 0.6 is 0 Å². The van der Waals surface area contributed by atoms with Crippen molar-refractivity contribution in [2.24, 2.45) is 0 Å². The van der Waals surface area contributed by atoms with Crippen LogP contribution < -0.4 is 5.32 Å². The van der Waals surface area contributed by atoms with Crippen molar-refractivity contribution in [3.63, 3.8) is 0 Å². The van der Waals surface area contributed by atoms with Gasteiger partial charge in [-0.2, -0.15) is 0 Å². The van der Waals surface area contributed by atoms with Crippen LogP contribution in [0.15, 0.2) is 24.3 Å². The van der Waals surface area contributed by atoms with Crippen molar-refractivity contribution < 1.29 is 9.53 Å². The van der Waals surface area contributed by atoms with E-state index in [4.69, 9.17) is 4.74 Å². The fourth-order valence-corrected chi connectivity index (χ4v) is 1.87. The van der Waals surface area contributed by atoms with Crippen LogP contribution in [0.5, 0.6) is 0 Å². The Morgan fingerprint density at radius 2 is 2.00 bits per heavy atom. The predicted octanol–water partition coefficient (Wildman–Crippen LogP) is 2.60. The monoisotopic (exact) mass is 235 g/mol. The summed E-state index contributed by atoms with van der Waals surface area (Å²) in [5, 5.41) is 3.25. The molecule has 1 aromatic rings. The highest BCUT2D eigenvalue weighted by atomic mass is 16.5. The molecule has 17 heavy (non-hydrogen) atoms. The number of rotatable bonds is 5. The SMILES string of the molecule is CCOC(=O)C(C)NC(C)c1ccccc1C. The van der Waals surface area contributed by atoms with Crippen molar-refractivity contribution in [2.45, 2.75) is 39.8 Å². The van der Waals surface area contributed by atoms with Crippen molar-refractivity contribution in [2.75, 3.05) is 6.61 Å². The molecule has 94 valence electrons. The van der Waals surface area contributed by atoms with Crippen LogP contribution in [0, 0.1) is 6.92 Å². The second kappa shape index (κ2) is 6.40. The minimum absolute atomic E-state index is 0.135. The van der Waals surface area contributed by atoms with Crippen molar-refractivity contribution in [1.29, 1.82) is 0 Å². The van der Waals surface area contributed by atoms with Gasteiger partial charge in [0.05, 0.1) is 6.61 Å². The van der Waals surface area contributed by atoms with Gasteiger partial charge < -0.3 is 4.74 Å². The lowest BCUT2D eigenvalue weighted by Crippen LogP contribution is -2.37. The third kappa shape index (κ3) is 3.86. The first-order valence-corrected chi connectivity index (χ1v) is 6.04. The Kier molecular flexibility index (Phi) is 5.16. The molecule has 3 nitrogen and oxygen atoms in total. The third-order valence-corrected chi connectivity index (χ3v) is 2.80.